The Kier molecular flexibility index (Phi) is 4.63. The van der Waals surface area contributed by atoms with Gasteiger partial charge < -0.3 is 10.0 Å². The van der Waals surface area contributed by atoms with E-state index in [0.29, 0.717) is 0 Å². The highest BCUT2D eigenvalue weighted by molar-refractivity contribution is 5.75. The van der Waals surface area contributed by atoms with Gasteiger partial charge in [-0.15, -0.1) is 0 Å². The first-order valence-electron chi connectivity index (χ1n) is 7.99. The van der Waals surface area contributed by atoms with E-state index in [1.54, 1.807) is 0 Å². The fourth-order valence-corrected chi connectivity index (χ4v) is 3.28. The van der Waals surface area contributed by atoms with Gasteiger partial charge in [-0.25, -0.2) is 0 Å². The van der Waals surface area contributed by atoms with Crippen molar-refractivity contribution in [1.82, 2.24) is 4.90 Å². The fraction of sp³-hybridized carbons (Fsp3) is 0.316. The summed E-state index contributed by atoms with van der Waals surface area (Å²) >= 11 is 0. The van der Waals surface area contributed by atoms with Crippen molar-refractivity contribution >= 4 is 11.7 Å². The first kappa shape index (κ1) is 15.6. The van der Waals surface area contributed by atoms with Gasteiger partial charge in [0.1, 0.15) is 6.04 Å². The lowest BCUT2D eigenvalue weighted by atomic mass is 10.0. The van der Waals surface area contributed by atoms with Crippen molar-refractivity contribution in [1.29, 1.82) is 0 Å². The summed E-state index contributed by atoms with van der Waals surface area (Å²) in [5, 5.41) is 9.65. The van der Waals surface area contributed by atoms with Crippen LogP contribution < -0.4 is 4.90 Å². The molecule has 1 saturated heterocycles. The molecule has 1 N–H and O–H groups in total. The molecule has 0 radical (unpaired) electrons. The molecule has 1 atom stereocenters. The summed E-state index contributed by atoms with van der Waals surface area (Å²) in [5.74, 6) is -0.777. The number of aryl methyl sites for hydroxylation is 1. The van der Waals surface area contributed by atoms with Crippen LogP contribution in [0.5, 0.6) is 0 Å². The van der Waals surface area contributed by atoms with Crippen molar-refractivity contribution in [3.63, 3.8) is 0 Å². The van der Waals surface area contributed by atoms with Crippen molar-refractivity contribution in [2.75, 3.05) is 31.1 Å². The van der Waals surface area contributed by atoms with E-state index < -0.39 is 12.0 Å². The minimum atomic E-state index is -0.777. The zero-order valence-electron chi connectivity index (χ0n) is 13.4. The van der Waals surface area contributed by atoms with Crippen LogP contribution in [-0.4, -0.2) is 42.2 Å². The second-order valence-corrected chi connectivity index (χ2v) is 5.96. The van der Waals surface area contributed by atoms with Crippen molar-refractivity contribution in [2.24, 2.45) is 0 Å². The van der Waals surface area contributed by atoms with Crippen molar-refractivity contribution in [3.05, 3.63) is 65.7 Å². The third kappa shape index (κ3) is 3.37. The lowest BCUT2D eigenvalue weighted by Gasteiger charge is -2.39. The smallest absolute Gasteiger partial charge is 0.325 e. The van der Waals surface area contributed by atoms with Crippen LogP contribution in [0.3, 0.4) is 0 Å². The van der Waals surface area contributed by atoms with Gasteiger partial charge in [0, 0.05) is 31.9 Å². The van der Waals surface area contributed by atoms with E-state index in [0.717, 1.165) is 31.7 Å². The maximum absolute atomic E-state index is 11.7. The Bertz CT molecular complexity index is 664. The zero-order valence-corrected chi connectivity index (χ0v) is 13.4. The van der Waals surface area contributed by atoms with Crippen LogP contribution >= 0.6 is 0 Å². The molecule has 2 aromatic carbocycles. The first-order valence-corrected chi connectivity index (χ1v) is 7.99. The second kappa shape index (κ2) is 6.84. The molecule has 1 aliphatic rings. The van der Waals surface area contributed by atoms with Gasteiger partial charge in [0.2, 0.25) is 0 Å². The molecule has 0 aromatic heterocycles. The Morgan fingerprint density at radius 3 is 2.17 bits per heavy atom. The Labute approximate surface area is 137 Å². The molecule has 0 amide bonds. The maximum Gasteiger partial charge on any atom is 0.325 e. The van der Waals surface area contributed by atoms with Gasteiger partial charge in [-0.3, -0.25) is 9.69 Å². The maximum atomic E-state index is 11.7. The molecule has 0 aliphatic carbocycles. The standard InChI is InChI=1S/C19H22N2O2/c1-15-7-5-6-10-17(15)20-11-13-21(14-12-20)18(19(22)23)16-8-3-2-4-9-16/h2-10,18H,11-14H2,1H3,(H,22,23). The molecule has 0 spiro atoms. The molecular formula is C19H22N2O2. The van der Waals surface area contributed by atoms with E-state index in [2.05, 4.69) is 34.9 Å². The minimum Gasteiger partial charge on any atom is -0.480 e. The number of carboxylic acids is 1. The molecule has 4 heteroatoms. The number of hydrogen-bond donors (Lipinski definition) is 1. The van der Waals surface area contributed by atoms with Gasteiger partial charge in [-0.2, -0.15) is 0 Å². The number of benzene rings is 2. The Morgan fingerprint density at radius 2 is 1.57 bits per heavy atom. The zero-order chi connectivity index (χ0) is 16.2. The van der Waals surface area contributed by atoms with Gasteiger partial charge in [0.25, 0.3) is 0 Å². The third-order valence-corrected chi connectivity index (χ3v) is 4.48. The van der Waals surface area contributed by atoms with Gasteiger partial charge in [-0.05, 0) is 24.1 Å². The van der Waals surface area contributed by atoms with E-state index in [4.69, 9.17) is 0 Å². The first-order chi connectivity index (χ1) is 11.2. The van der Waals surface area contributed by atoms with E-state index in [1.807, 2.05) is 36.4 Å². The van der Waals surface area contributed by atoms with Crippen LogP contribution in [0.1, 0.15) is 17.2 Å². The molecule has 1 fully saturated rings. The molecular weight excluding hydrogens is 288 g/mol. The SMILES string of the molecule is Cc1ccccc1N1CCN(C(C(=O)O)c2ccccc2)CC1. The van der Waals surface area contributed by atoms with Crippen molar-refractivity contribution in [3.8, 4) is 0 Å². The summed E-state index contributed by atoms with van der Waals surface area (Å²) in [4.78, 5) is 16.2. The summed E-state index contributed by atoms with van der Waals surface area (Å²) < 4.78 is 0. The highest BCUT2D eigenvalue weighted by atomic mass is 16.4. The van der Waals surface area contributed by atoms with E-state index in [1.165, 1.54) is 11.3 Å². The van der Waals surface area contributed by atoms with Crippen LogP contribution in [-0.2, 0) is 4.79 Å². The van der Waals surface area contributed by atoms with Gasteiger partial charge >= 0.3 is 5.97 Å². The predicted molar refractivity (Wildman–Crippen MR) is 91.8 cm³/mol. The Hall–Kier alpha value is -2.33. The summed E-state index contributed by atoms with van der Waals surface area (Å²) in [5.41, 5.74) is 3.36. The quantitative estimate of drug-likeness (QED) is 0.943. The molecule has 4 nitrogen and oxygen atoms in total. The van der Waals surface area contributed by atoms with Crippen molar-refractivity contribution in [2.45, 2.75) is 13.0 Å². The number of hydrogen-bond acceptors (Lipinski definition) is 3. The normalized spacial score (nSPS) is 17.0. The lowest BCUT2D eigenvalue weighted by molar-refractivity contribution is -0.143. The molecule has 1 aliphatic heterocycles. The average molecular weight is 310 g/mol. The third-order valence-electron chi connectivity index (χ3n) is 4.48. The van der Waals surface area contributed by atoms with Gasteiger partial charge in [0.15, 0.2) is 0 Å². The second-order valence-electron chi connectivity index (χ2n) is 5.96. The van der Waals surface area contributed by atoms with E-state index >= 15 is 0 Å². The van der Waals surface area contributed by atoms with E-state index in [-0.39, 0.29) is 0 Å². The van der Waals surface area contributed by atoms with Crippen LogP contribution in [0.2, 0.25) is 0 Å². The molecule has 120 valence electrons. The molecule has 3 rings (SSSR count). The van der Waals surface area contributed by atoms with Crippen LogP contribution in [0, 0.1) is 6.92 Å². The molecule has 2 aromatic rings. The highest BCUT2D eigenvalue weighted by Gasteiger charge is 2.30. The molecule has 23 heavy (non-hydrogen) atoms. The Morgan fingerprint density at radius 1 is 0.957 bits per heavy atom. The molecule has 1 unspecified atom stereocenters. The van der Waals surface area contributed by atoms with Crippen molar-refractivity contribution < 1.29 is 9.90 Å². The van der Waals surface area contributed by atoms with Crippen LogP contribution in [0.15, 0.2) is 54.6 Å². The highest BCUT2D eigenvalue weighted by Crippen LogP contribution is 2.26. The van der Waals surface area contributed by atoms with Crippen LogP contribution in [0.4, 0.5) is 5.69 Å². The van der Waals surface area contributed by atoms with Gasteiger partial charge in [0.05, 0.1) is 0 Å². The lowest BCUT2D eigenvalue weighted by Crippen LogP contribution is -2.49. The average Bonchev–Trinajstić information content (AvgIpc) is 2.57. The molecule has 0 bridgehead atoms. The number of carbonyl (C=O) groups is 1. The monoisotopic (exact) mass is 310 g/mol. The predicted octanol–water partition coefficient (Wildman–Crippen LogP) is 2.94. The van der Waals surface area contributed by atoms with E-state index in [9.17, 15) is 9.90 Å². The Balaban J connectivity index is 1.72. The summed E-state index contributed by atoms with van der Waals surface area (Å²) in [6.45, 7) is 5.31. The largest absolute Gasteiger partial charge is 0.480 e. The molecule has 1 heterocycles. The summed E-state index contributed by atoms with van der Waals surface area (Å²) in [7, 11) is 0. The number of carboxylic acid groups (broad SMARTS) is 1. The van der Waals surface area contributed by atoms with Crippen LogP contribution in [0.25, 0.3) is 0 Å². The topological polar surface area (TPSA) is 43.8 Å². The summed E-state index contributed by atoms with van der Waals surface area (Å²) in [6, 6.07) is 17.3. The summed E-state index contributed by atoms with van der Waals surface area (Å²) in [6.07, 6.45) is 0. The minimum absolute atomic E-state index is 0.560. The van der Waals surface area contributed by atoms with Gasteiger partial charge in [-0.1, -0.05) is 48.5 Å². The number of para-hydroxylation sites is 1. The fourth-order valence-electron chi connectivity index (χ4n) is 3.28. The number of rotatable bonds is 4. The number of aliphatic carboxylic acids is 1. The number of nitrogens with zero attached hydrogens (tertiary/aromatic N) is 2. The molecule has 0 saturated carbocycles. The number of anilines is 1. The number of piperazine rings is 1.